The second-order valence-corrected chi connectivity index (χ2v) is 10.4. The molecular formula is C25H39N5O2. The fourth-order valence-corrected chi connectivity index (χ4v) is 3.26. The van der Waals surface area contributed by atoms with Crippen LogP contribution in [0.5, 0.6) is 0 Å². The van der Waals surface area contributed by atoms with E-state index in [0.29, 0.717) is 12.4 Å². The van der Waals surface area contributed by atoms with Crippen molar-refractivity contribution in [1.82, 2.24) is 20.0 Å². The highest BCUT2D eigenvalue weighted by atomic mass is 16.2. The van der Waals surface area contributed by atoms with Crippen LogP contribution in [-0.2, 0) is 10.2 Å². The summed E-state index contributed by atoms with van der Waals surface area (Å²) in [6, 6.07) is 7.72. The van der Waals surface area contributed by atoms with Crippen LogP contribution in [0.3, 0.4) is 0 Å². The van der Waals surface area contributed by atoms with Crippen LogP contribution in [0.2, 0.25) is 0 Å². The lowest BCUT2D eigenvalue weighted by Gasteiger charge is -2.28. The molecule has 0 saturated carbocycles. The summed E-state index contributed by atoms with van der Waals surface area (Å²) in [5.74, 6) is 0.343. The number of carbonyl (C=O) groups excluding carboxylic acids is 2. The van der Waals surface area contributed by atoms with E-state index >= 15 is 0 Å². The molecule has 7 heteroatoms. The number of carbonyl (C=O) groups is 2. The van der Waals surface area contributed by atoms with E-state index in [2.05, 4.69) is 51.3 Å². The lowest BCUT2D eigenvalue weighted by atomic mass is 9.92. The van der Waals surface area contributed by atoms with Crippen molar-refractivity contribution in [2.45, 2.75) is 79.7 Å². The van der Waals surface area contributed by atoms with Crippen molar-refractivity contribution in [3.05, 3.63) is 41.1 Å². The Hall–Kier alpha value is -2.83. The minimum absolute atomic E-state index is 0.0292. The Morgan fingerprint density at radius 1 is 1.09 bits per heavy atom. The van der Waals surface area contributed by atoms with Gasteiger partial charge >= 0.3 is 6.03 Å². The molecular weight excluding hydrogens is 402 g/mol. The smallest absolute Gasteiger partial charge is 0.318 e. The van der Waals surface area contributed by atoms with Crippen LogP contribution in [0.4, 0.5) is 10.6 Å². The molecule has 1 heterocycles. The molecule has 176 valence electrons. The van der Waals surface area contributed by atoms with Gasteiger partial charge in [-0.3, -0.25) is 4.79 Å². The third-order valence-corrected chi connectivity index (χ3v) is 5.15. The summed E-state index contributed by atoms with van der Waals surface area (Å²) in [7, 11) is 0. The molecule has 0 fully saturated rings. The normalized spacial score (nSPS) is 11.9. The summed E-state index contributed by atoms with van der Waals surface area (Å²) < 4.78 is 1.79. The Labute approximate surface area is 192 Å². The first-order valence-electron chi connectivity index (χ1n) is 11.3. The van der Waals surface area contributed by atoms with E-state index in [1.807, 2.05) is 45.9 Å². The second kappa shape index (κ2) is 9.76. The lowest BCUT2D eigenvalue weighted by Crippen LogP contribution is -2.50. The highest BCUT2D eigenvalue weighted by molar-refractivity contribution is 5.94. The van der Waals surface area contributed by atoms with Crippen molar-refractivity contribution < 1.29 is 9.59 Å². The molecule has 32 heavy (non-hydrogen) atoms. The molecule has 1 aromatic carbocycles. The van der Waals surface area contributed by atoms with Crippen molar-refractivity contribution in [2.75, 3.05) is 18.4 Å². The van der Waals surface area contributed by atoms with Crippen LogP contribution >= 0.6 is 0 Å². The first kappa shape index (κ1) is 25.4. The molecule has 2 N–H and O–H groups in total. The van der Waals surface area contributed by atoms with Crippen LogP contribution in [0.15, 0.2) is 24.3 Å². The number of benzene rings is 1. The summed E-state index contributed by atoms with van der Waals surface area (Å²) in [5.41, 5.74) is 3.51. The number of rotatable bonds is 6. The van der Waals surface area contributed by atoms with E-state index in [0.717, 1.165) is 28.9 Å². The van der Waals surface area contributed by atoms with Gasteiger partial charge in [0, 0.05) is 23.6 Å². The summed E-state index contributed by atoms with van der Waals surface area (Å²) in [6.45, 7) is 18.6. The van der Waals surface area contributed by atoms with Gasteiger partial charge in [0.2, 0.25) is 5.91 Å². The summed E-state index contributed by atoms with van der Waals surface area (Å²) in [5, 5.41) is 10.7. The summed E-state index contributed by atoms with van der Waals surface area (Å²) in [6.07, 6.45) is 0.763. The van der Waals surface area contributed by atoms with E-state index < -0.39 is 0 Å². The number of aryl methyl sites for hydroxylation is 1. The number of amides is 3. The van der Waals surface area contributed by atoms with Gasteiger partial charge in [-0.15, -0.1) is 0 Å². The highest BCUT2D eigenvalue weighted by Crippen LogP contribution is 2.28. The zero-order chi connectivity index (χ0) is 24.3. The van der Waals surface area contributed by atoms with E-state index in [4.69, 9.17) is 5.10 Å². The summed E-state index contributed by atoms with van der Waals surface area (Å²) in [4.78, 5) is 27.2. The zero-order valence-corrected chi connectivity index (χ0v) is 21.1. The number of urea groups is 1. The fourth-order valence-electron chi connectivity index (χ4n) is 3.26. The van der Waals surface area contributed by atoms with Crippen molar-refractivity contribution >= 4 is 17.8 Å². The maximum Gasteiger partial charge on any atom is 0.318 e. The predicted molar refractivity (Wildman–Crippen MR) is 131 cm³/mol. The average molecular weight is 442 g/mol. The van der Waals surface area contributed by atoms with Crippen molar-refractivity contribution in [1.29, 1.82) is 0 Å². The van der Waals surface area contributed by atoms with Gasteiger partial charge < -0.3 is 15.5 Å². The SMILES string of the molecule is CCCN(CC(=O)Nc1cc(C(C)(C)C)nn1-c1cccc(C)c1C)C(=O)NC(C)(C)C. The number of aromatic nitrogens is 2. The molecule has 0 aliphatic carbocycles. The standard InChI is InChI=1S/C25H39N5O2/c1-10-14-29(23(32)27-25(7,8)9)16-22(31)26-21-15-20(24(4,5)6)28-30(21)19-13-11-12-17(2)18(19)3/h11-13,15H,10,14,16H2,1-9H3,(H,26,31)(H,27,32). The van der Waals surface area contributed by atoms with E-state index in [9.17, 15) is 9.59 Å². The van der Waals surface area contributed by atoms with E-state index in [1.165, 1.54) is 0 Å². The Morgan fingerprint density at radius 2 is 1.75 bits per heavy atom. The maximum atomic E-state index is 13.0. The molecule has 0 aliphatic heterocycles. The van der Waals surface area contributed by atoms with Crippen LogP contribution in [0, 0.1) is 13.8 Å². The number of nitrogens with one attached hydrogen (secondary N) is 2. The van der Waals surface area contributed by atoms with E-state index in [-0.39, 0.29) is 29.4 Å². The summed E-state index contributed by atoms with van der Waals surface area (Å²) >= 11 is 0. The quantitative estimate of drug-likeness (QED) is 0.666. The first-order valence-corrected chi connectivity index (χ1v) is 11.3. The molecule has 1 aromatic heterocycles. The highest BCUT2D eigenvalue weighted by Gasteiger charge is 2.24. The molecule has 0 unspecified atom stereocenters. The Morgan fingerprint density at radius 3 is 2.31 bits per heavy atom. The zero-order valence-electron chi connectivity index (χ0n) is 21.1. The van der Waals surface area contributed by atoms with Crippen molar-refractivity contribution in [3.63, 3.8) is 0 Å². The average Bonchev–Trinajstić information content (AvgIpc) is 3.06. The van der Waals surface area contributed by atoms with Crippen LogP contribution in [-0.4, -0.2) is 45.2 Å². The minimum Gasteiger partial charge on any atom is -0.333 e. The monoisotopic (exact) mass is 441 g/mol. The molecule has 3 amide bonds. The predicted octanol–water partition coefficient (Wildman–Crippen LogP) is 4.95. The largest absolute Gasteiger partial charge is 0.333 e. The Bertz CT molecular complexity index is 964. The molecule has 0 spiro atoms. The third-order valence-electron chi connectivity index (χ3n) is 5.15. The van der Waals surface area contributed by atoms with Crippen LogP contribution in [0.1, 0.15) is 71.7 Å². The van der Waals surface area contributed by atoms with Gasteiger partial charge in [-0.05, 0) is 58.2 Å². The maximum absolute atomic E-state index is 13.0. The Balaban J connectivity index is 2.34. The van der Waals surface area contributed by atoms with Gasteiger partial charge in [-0.25, -0.2) is 9.48 Å². The fraction of sp³-hybridized carbons (Fsp3) is 0.560. The van der Waals surface area contributed by atoms with Crippen molar-refractivity contribution in [2.24, 2.45) is 0 Å². The molecule has 7 nitrogen and oxygen atoms in total. The van der Waals surface area contributed by atoms with Gasteiger partial charge in [0.15, 0.2) is 0 Å². The third kappa shape index (κ3) is 6.58. The number of hydrogen-bond donors (Lipinski definition) is 2. The van der Waals surface area contributed by atoms with Crippen molar-refractivity contribution in [3.8, 4) is 5.69 Å². The Kier molecular flexibility index (Phi) is 7.75. The van der Waals surface area contributed by atoms with Gasteiger partial charge in [0.1, 0.15) is 12.4 Å². The number of hydrogen-bond acceptors (Lipinski definition) is 3. The molecule has 0 radical (unpaired) electrons. The van der Waals surface area contributed by atoms with Gasteiger partial charge in [0.05, 0.1) is 11.4 Å². The topological polar surface area (TPSA) is 79.3 Å². The molecule has 0 atom stereocenters. The lowest BCUT2D eigenvalue weighted by molar-refractivity contribution is -0.116. The minimum atomic E-state index is -0.373. The molecule has 0 bridgehead atoms. The van der Waals surface area contributed by atoms with Crippen LogP contribution in [0.25, 0.3) is 5.69 Å². The van der Waals surface area contributed by atoms with Gasteiger partial charge in [0.25, 0.3) is 0 Å². The molecule has 2 aromatic rings. The second-order valence-electron chi connectivity index (χ2n) is 10.4. The number of nitrogens with zero attached hydrogens (tertiary/aromatic N) is 3. The van der Waals surface area contributed by atoms with Crippen LogP contribution < -0.4 is 10.6 Å². The first-order chi connectivity index (χ1) is 14.7. The van der Waals surface area contributed by atoms with Gasteiger partial charge in [-0.1, -0.05) is 39.8 Å². The molecule has 0 aliphatic rings. The van der Waals surface area contributed by atoms with E-state index in [1.54, 1.807) is 9.58 Å². The number of anilines is 1. The molecule has 2 rings (SSSR count). The van der Waals surface area contributed by atoms with Gasteiger partial charge in [-0.2, -0.15) is 5.10 Å². The molecule has 0 saturated heterocycles.